The predicted octanol–water partition coefficient (Wildman–Crippen LogP) is 2.53. The van der Waals surface area contributed by atoms with Gasteiger partial charge >= 0.3 is 0 Å². The summed E-state index contributed by atoms with van der Waals surface area (Å²) in [5.74, 6) is -0.821. The monoisotopic (exact) mass is 243 g/mol. The minimum absolute atomic E-state index is 0.212. The van der Waals surface area contributed by atoms with Crippen molar-refractivity contribution in [3.05, 3.63) is 58.4 Å². The van der Waals surface area contributed by atoms with Gasteiger partial charge in [-0.1, -0.05) is 0 Å². The molecule has 1 heterocycles. The average molecular weight is 243 g/mol. The molecule has 0 spiro atoms. The summed E-state index contributed by atoms with van der Waals surface area (Å²) in [4.78, 5) is 9.73. The Labute approximate surface area is 96.7 Å². The number of hydrogen-bond acceptors (Lipinski definition) is 3. The first-order valence-electron chi connectivity index (χ1n) is 4.91. The lowest BCUT2D eigenvalue weighted by atomic mass is 10.2. The highest BCUT2D eigenvalue weighted by Gasteiger charge is 2.20. The summed E-state index contributed by atoms with van der Waals surface area (Å²) in [5.41, 5.74) is 0. The zero-order valence-electron chi connectivity index (χ0n) is 8.88. The van der Waals surface area contributed by atoms with Gasteiger partial charge in [0.25, 0.3) is 0 Å². The highest BCUT2D eigenvalue weighted by molar-refractivity contribution is 5.04. The van der Waals surface area contributed by atoms with E-state index in [1.165, 1.54) is 6.26 Å². The van der Waals surface area contributed by atoms with Crippen LogP contribution in [0.15, 0.2) is 36.6 Å². The zero-order chi connectivity index (χ0) is 12.7. The first-order chi connectivity index (χ1) is 8.09. The number of nitrogens with zero attached hydrogens (tertiary/aromatic N) is 1. The Morgan fingerprint density at radius 2 is 1.76 bits per heavy atom. The molecule has 0 aliphatic carbocycles. The third kappa shape index (κ3) is 5.05. The molecule has 17 heavy (non-hydrogen) atoms. The summed E-state index contributed by atoms with van der Waals surface area (Å²) in [6.07, 6.45) is 3.66. The molecule has 2 rings (SSSR count). The van der Waals surface area contributed by atoms with Crippen molar-refractivity contribution in [2.75, 3.05) is 6.61 Å². The Kier molecular flexibility index (Phi) is 5.06. The van der Waals surface area contributed by atoms with E-state index in [0.717, 1.165) is 24.3 Å². The number of hydrogen-bond donors (Lipinski definition) is 0. The lowest BCUT2D eigenvalue weighted by Crippen LogP contribution is -2.25. The van der Waals surface area contributed by atoms with Crippen molar-refractivity contribution >= 4 is 0 Å². The van der Waals surface area contributed by atoms with Crippen molar-refractivity contribution < 1.29 is 18.4 Å². The van der Waals surface area contributed by atoms with Gasteiger partial charge in [0.2, 0.25) is 6.04 Å². The molecular formula is C11H11F2NO3. The van der Waals surface area contributed by atoms with E-state index in [1.807, 2.05) is 0 Å². The molecule has 0 aromatic heterocycles. The molecule has 0 bridgehead atoms. The molecule has 0 saturated carbocycles. The van der Waals surface area contributed by atoms with Crippen molar-refractivity contribution in [2.24, 2.45) is 0 Å². The summed E-state index contributed by atoms with van der Waals surface area (Å²) in [5, 5.41) is 10.0. The molecule has 0 saturated heterocycles. The lowest BCUT2D eigenvalue weighted by Gasteiger charge is -2.09. The fourth-order valence-electron chi connectivity index (χ4n) is 1.09. The Balaban J connectivity index is 0.000000171. The van der Waals surface area contributed by atoms with Crippen LogP contribution in [0.2, 0.25) is 0 Å². The van der Waals surface area contributed by atoms with E-state index in [4.69, 9.17) is 4.74 Å². The Hall–Kier alpha value is -1.98. The highest BCUT2D eigenvalue weighted by atomic mass is 19.1. The van der Waals surface area contributed by atoms with Gasteiger partial charge in [-0.05, 0) is 30.3 Å². The quantitative estimate of drug-likeness (QED) is 0.562. The fourth-order valence-corrected chi connectivity index (χ4v) is 1.09. The minimum atomic E-state index is -0.532. The van der Waals surface area contributed by atoms with Crippen LogP contribution >= 0.6 is 0 Å². The first kappa shape index (κ1) is 13.1. The molecule has 6 heteroatoms. The first-order valence-corrected chi connectivity index (χ1v) is 4.91. The highest BCUT2D eigenvalue weighted by Crippen LogP contribution is 2.04. The fraction of sp³-hybridized carbons (Fsp3) is 0.273. The molecule has 0 fully saturated rings. The van der Waals surface area contributed by atoms with Crippen LogP contribution in [0.4, 0.5) is 8.78 Å². The smallest absolute Gasteiger partial charge is 0.250 e. The molecule has 92 valence electrons. The van der Waals surface area contributed by atoms with E-state index < -0.39 is 17.7 Å². The van der Waals surface area contributed by atoms with Gasteiger partial charge in [0.1, 0.15) is 11.6 Å². The van der Waals surface area contributed by atoms with E-state index >= 15 is 0 Å². The second kappa shape index (κ2) is 6.57. The third-order valence-electron chi connectivity index (χ3n) is 1.99. The summed E-state index contributed by atoms with van der Waals surface area (Å²) in [6, 6.07) is 3.78. The van der Waals surface area contributed by atoms with Gasteiger partial charge in [0.15, 0.2) is 6.61 Å². The molecule has 1 aromatic carbocycles. The Morgan fingerprint density at radius 1 is 1.24 bits per heavy atom. The molecule has 4 nitrogen and oxygen atoms in total. The summed E-state index contributed by atoms with van der Waals surface area (Å²) in [6.45, 7) is 0.212. The molecule has 0 amide bonds. The minimum Gasteiger partial charge on any atom is -0.494 e. The van der Waals surface area contributed by atoms with Crippen molar-refractivity contribution in [1.29, 1.82) is 0 Å². The molecular weight excluding hydrogens is 232 g/mol. The number of ether oxygens (including phenoxy) is 1. The SMILES string of the molecule is Fc1ccc(F)cc1.O=[N+]([O-])C1CC=COC1. The number of nitro groups is 1. The lowest BCUT2D eigenvalue weighted by molar-refractivity contribution is -0.525. The average Bonchev–Trinajstić information content (AvgIpc) is 2.35. The van der Waals surface area contributed by atoms with E-state index in [0.29, 0.717) is 6.42 Å². The molecule has 1 aliphatic rings. The van der Waals surface area contributed by atoms with Crippen LogP contribution in [0.5, 0.6) is 0 Å². The molecule has 1 atom stereocenters. The Bertz CT molecular complexity index is 371. The van der Waals surface area contributed by atoms with Gasteiger partial charge in [-0.2, -0.15) is 0 Å². The topological polar surface area (TPSA) is 52.4 Å². The maximum Gasteiger partial charge on any atom is 0.250 e. The van der Waals surface area contributed by atoms with E-state index in [1.54, 1.807) is 6.08 Å². The number of benzene rings is 1. The second-order valence-electron chi connectivity index (χ2n) is 3.32. The maximum atomic E-state index is 11.9. The van der Waals surface area contributed by atoms with E-state index in [2.05, 4.69) is 0 Å². The molecule has 1 aromatic rings. The van der Waals surface area contributed by atoms with Crippen molar-refractivity contribution in [3.8, 4) is 0 Å². The van der Waals surface area contributed by atoms with Crippen LogP contribution in [0.1, 0.15) is 6.42 Å². The van der Waals surface area contributed by atoms with Gasteiger partial charge in [-0.15, -0.1) is 0 Å². The predicted molar refractivity (Wildman–Crippen MR) is 56.8 cm³/mol. The summed E-state index contributed by atoms with van der Waals surface area (Å²) in [7, 11) is 0. The zero-order valence-corrected chi connectivity index (χ0v) is 8.88. The third-order valence-corrected chi connectivity index (χ3v) is 1.99. The van der Waals surface area contributed by atoms with Crippen LogP contribution in [-0.2, 0) is 4.74 Å². The van der Waals surface area contributed by atoms with Crippen LogP contribution in [0.3, 0.4) is 0 Å². The summed E-state index contributed by atoms with van der Waals surface area (Å²) < 4.78 is 28.6. The van der Waals surface area contributed by atoms with Gasteiger partial charge in [-0.25, -0.2) is 8.78 Å². The van der Waals surface area contributed by atoms with Crippen LogP contribution in [0.25, 0.3) is 0 Å². The largest absolute Gasteiger partial charge is 0.494 e. The van der Waals surface area contributed by atoms with Gasteiger partial charge in [-0.3, -0.25) is 10.1 Å². The van der Waals surface area contributed by atoms with Crippen molar-refractivity contribution in [2.45, 2.75) is 12.5 Å². The summed E-state index contributed by atoms with van der Waals surface area (Å²) >= 11 is 0. The second-order valence-corrected chi connectivity index (χ2v) is 3.32. The number of rotatable bonds is 1. The van der Waals surface area contributed by atoms with Crippen LogP contribution in [0, 0.1) is 21.7 Å². The standard InChI is InChI=1S/C6H4F2.C5H7NO3/c7-5-1-2-6(8)4-3-5;7-6(8)5-2-1-3-9-4-5/h1-4H;1,3,5H,2,4H2. The van der Waals surface area contributed by atoms with E-state index in [9.17, 15) is 18.9 Å². The van der Waals surface area contributed by atoms with Gasteiger partial charge < -0.3 is 4.74 Å². The van der Waals surface area contributed by atoms with Gasteiger partial charge in [0, 0.05) is 11.3 Å². The van der Waals surface area contributed by atoms with Crippen LogP contribution < -0.4 is 0 Å². The molecule has 1 aliphatic heterocycles. The molecule has 1 unspecified atom stereocenters. The Morgan fingerprint density at radius 3 is 2.06 bits per heavy atom. The number of halogens is 2. The van der Waals surface area contributed by atoms with Crippen LogP contribution in [-0.4, -0.2) is 17.6 Å². The van der Waals surface area contributed by atoms with Gasteiger partial charge in [0.05, 0.1) is 6.26 Å². The van der Waals surface area contributed by atoms with Crippen molar-refractivity contribution in [3.63, 3.8) is 0 Å². The molecule has 0 N–H and O–H groups in total. The molecule has 0 radical (unpaired) electrons. The normalized spacial score (nSPS) is 17.6. The maximum absolute atomic E-state index is 11.9. The van der Waals surface area contributed by atoms with Crippen molar-refractivity contribution in [1.82, 2.24) is 0 Å². The van der Waals surface area contributed by atoms with E-state index in [-0.39, 0.29) is 11.5 Å².